The summed E-state index contributed by atoms with van der Waals surface area (Å²) in [4.78, 5) is 16.9. The summed E-state index contributed by atoms with van der Waals surface area (Å²) in [6, 6.07) is 14.9. The van der Waals surface area contributed by atoms with E-state index in [1.54, 1.807) is 6.07 Å². The van der Waals surface area contributed by atoms with Gasteiger partial charge in [-0.25, -0.2) is 4.39 Å². The Balaban J connectivity index is 1.34. The molecule has 2 aromatic carbocycles. The van der Waals surface area contributed by atoms with Crippen LogP contribution in [0, 0.1) is 24.6 Å². The van der Waals surface area contributed by atoms with Crippen molar-refractivity contribution in [3.05, 3.63) is 70.5 Å². The lowest BCUT2D eigenvalue weighted by Gasteiger charge is -2.47. The zero-order chi connectivity index (χ0) is 26.3. The molecule has 6 rings (SSSR count). The molecule has 1 saturated carbocycles. The minimum absolute atomic E-state index is 0.00211. The minimum Gasteiger partial charge on any atom is -0.377 e. The number of nitrogens with one attached hydrogen (secondary N) is 1. The van der Waals surface area contributed by atoms with E-state index in [0.717, 1.165) is 36.1 Å². The van der Waals surface area contributed by atoms with Crippen LogP contribution in [0.5, 0.6) is 0 Å². The first-order valence-electron chi connectivity index (χ1n) is 14.9. The Morgan fingerprint density at radius 1 is 1.11 bits per heavy atom. The number of nitrogens with zero attached hydrogens (tertiary/aromatic N) is 1. The van der Waals surface area contributed by atoms with Crippen molar-refractivity contribution < 1.29 is 13.9 Å². The number of carbonyl (C=O) groups excluding carboxylic acids is 1. The number of amides is 1. The van der Waals surface area contributed by atoms with Crippen molar-refractivity contribution in [3.8, 4) is 0 Å². The van der Waals surface area contributed by atoms with Gasteiger partial charge in [-0.3, -0.25) is 4.79 Å². The zero-order valence-electron chi connectivity index (χ0n) is 23.1. The number of aryl methyl sites for hydroxylation is 1. The number of hydrogen-bond donors (Lipinski definition) is 1. The molecule has 0 unspecified atom stereocenters. The summed E-state index contributed by atoms with van der Waals surface area (Å²) < 4.78 is 22.1. The van der Waals surface area contributed by atoms with Crippen LogP contribution in [0.2, 0.25) is 0 Å². The van der Waals surface area contributed by atoms with E-state index in [9.17, 15) is 4.79 Å². The van der Waals surface area contributed by atoms with Gasteiger partial charge >= 0.3 is 0 Å². The third kappa shape index (κ3) is 4.70. The van der Waals surface area contributed by atoms with Crippen LogP contribution >= 0.6 is 0 Å². The van der Waals surface area contributed by atoms with Gasteiger partial charge in [0, 0.05) is 36.7 Å². The highest BCUT2D eigenvalue weighted by Crippen LogP contribution is 2.46. The fourth-order valence-electron chi connectivity index (χ4n) is 8.23. The summed E-state index contributed by atoms with van der Waals surface area (Å²) in [5.41, 5.74) is 3.41. The Labute approximate surface area is 227 Å². The lowest BCUT2D eigenvalue weighted by atomic mass is 9.69. The van der Waals surface area contributed by atoms with Gasteiger partial charge in [0.1, 0.15) is 5.82 Å². The highest BCUT2D eigenvalue weighted by atomic mass is 19.1. The molecule has 1 N–H and O–H groups in total. The van der Waals surface area contributed by atoms with E-state index in [0.29, 0.717) is 38.0 Å². The third-order valence-corrected chi connectivity index (χ3v) is 10.1. The van der Waals surface area contributed by atoms with E-state index in [-0.39, 0.29) is 29.8 Å². The van der Waals surface area contributed by atoms with Gasteiger partial charge in [0.15, 0.2) is 0 Å². The molecule has 3 heterocycles. The predicted molar refractivity (Wildman–Crippen MR) is 149 cm³/mol. The third-order valence-electron chi connectivity index (χ3n) is 10.1. The maximum absolute atomic E-state index is 15.8. The van der Waals surface area contributed by atoms with Gasteiger partial charge in [-0.05, 0) is 80.5 Å². The van der Waals surface area contributed by atoms with Crippen LogP contribution in [0.15, 0.2) is 42.5 Å². The Kier molecular flexibility index (Phi) is 7.34. The molecular weight excluding hydrogens is 475 g/mol. The van der Waals surface area contributed by atoms with E-state index >= 15 is 4.39 Å². The molecule has 2 saturated heterocycles. The Hall–Kier alpha value is -2.24. The van der Waals surface area contributed by atoms with Crippen molar-refractivity contribution in [3.63, 3.8) is 0 Å². The quantitative estimate of drug-likeness (QED) is 0.550. The fourth-order valence-corrected chi connectivity index (χ4v) is 8.23. The fraction of sp³-hybridized carbons (Fsp3) is 0.606. The lowest BCUT2D eigenvalue weighted by Crippen LogP contribution is -2.55. The first kappa shape index (κ1) is 26.0. The molecule has 1 amide bonds. The monoisotopic (exact) mass is 518 g/mol. The topological polar surface area (TPSA) is 41.6 Å². The number of rotatable bonds is 3. The highest BCUT2D eigenvalue weighted by molar-refractivity contribution is 5.82. The van der Waals surface area contributed by atoms with Crippen LogP contribution in [-0.4, -0.2) is 49.2 Å². The van der Waals surface area contributed by atoms with Gasteiger partial charge in [-0.1, -0.05) is 55.7 Å². The van der Waals surface area contributed by atoms with Crippen LogP contribution in [-0.2, 0) is 21.4 Å². The maximum atomic E-state index is 15.8. The van der Waals surface area contributed by atoms with Crippen molar-refractivity contribution >= 4 is 5.91 Å². The summed E-state index contributed by atoms with van der Waals surface area (Å²) >= 11 is 0. The van der Waals surface area contributed by atoms with Gasteiger partial charge in [-0.2, -0.15) is 0 Å². The molecule has 2 aromatic rings. The number of hydrogen-bond acceptors (Lipinski definition) is 3. The Morgan fingerprint density at radius 3 is 2.68 bits per heavy atom. The van der Waals surface area contributed by atoms with Gasteiger partial charge in [-0.15, -0.1) is 0 Å². The second-order valence-corrected chi connectivity index (χ2v) is 12.6. The molecule has 38 heavy (non-hydrogen) atoms. The molecule has 5 atom stereocenters. The van der Waals surface area contributed by atoms with Gasteiger partial charge in [0.05, 0.1) is 18.6 Å². The molecule has 5 heteroatoms. The number of fused-ring (bicyclic) bond motifs is 2. The zero-order valence-corrected chi connectivity index (χ0v) is 23.1. The molecule has 1 spiro atoms. The molecule has 0 radical (unpaired) electrons. The number of ether oxygens (including phenoxy) is 1. The number of carbonyl (C=O) groups is 1. The SMILES string of the molecule is Cc1cc(F)c2c(c1)C[C@H](C)OC[C@]21CNC[C@H]1C(=O)N1CC[C@@H](c2ccccc2)C[C@H]1C1CCCCC1. The van der Waals surface area contributed by atoms with E-state index in [4.69, 9.17) is 4.74 Å². The standard InChI is InChI=1S/C33H43FN2O2/c1-22-15-27-17-23(2)38-21-33(31(27)29(34)16-22)20-35-19-28(33)32(37)36-14-13-26(24-9-5-3-6-10-24)18-30(36)25-11-7-4-8-12-25/h3,5-6,9-10,15-16,23,25-26,28,30,35H,4,7-8,11-14,17-21H2,1-2H3/t23-,26+,28-,30-,33-/m0/s1. The molecule has 0 bridgehead atoms. The molecule has 1 aliphatic carbocycles. The molecule has 0 aromatic heterocycles. The summed E-state index contributed by atoms with van der Waals surface area (Å²) in [6.45, 7) is 6.35. The molecule has 3 aliphatic heterocycles. The number of likely N-dealkylation sites (tertiary alicyclic amines) is 1. The van der Waals surface area contributed by atoms with Gasteiger partial charge < -0.3 is 15.0 Å². The highest BCUT2D eigenvalue weighted by Gasteiger charge is 2.54. The Morgan fingerprint density at radius 2 is 1.89 bits per heavy atom. The summed E-state index contributed by atoms with van der Waals surface area (Å²) in [6.07, 6.45) is 8.96. The minimum atomic E-state index is -0.664. The number of piperidine rings is 1. The second-order valence-electron chi connectivity index (χ2n) is 12.6. The van der Waals surface area contributed by atoms with Gasteiger partial charge in [0.2, 0.25) is 5.91 Å². The maximum Gasteiger partial charge on any atom is 0.228 e. The Bertz CT molecular complexity index is 1150. The molecule has 4 aliphatic rings. The van der Waals surface area contributed by atoms with E-state index in [1.165, 1.54) is 37.7 Å². The molecule has 204 valence electrons. The first-order chi connectivity index (χ1) is 18.5. The first-order valence-corrected chi connectivity index (χ1v) is 14.9. The van der Waals surface area contributed by atoms with Gasteiger partial charge in [0.25, 0.3) is 0 Å². The van der Waals surface area contributed by atoms with E-state index in [2.05, 4.69) is 53.5 Å². The van der Waals surface area contributed by atoms with Crippen LogP contribution in [0.1, 0.15) is 80.0 Å². The summed E-state index contributed by atoms with van der Waals surface area (Å²) in [5, 5.41) is 3.51. The number of benzene rings is 2. The normalized spacial score (nSPS) is 32.2. The summed E-state index contributed by atoms with van der Waals surface area (Å²) in [7, 11) is 0. The average Bonchev–Trinajstić information content (AvgIpc) is 3.30. The number of halogens is 1. The van der Waals surface area contributed by atoms with Crippen LogP contribution in [0.4, 0.5) is 4.39 Å². The largest absolute Gasteiger partial charge is 0.377 e. The van der Waals surface area contributed by atoms with Crippen LogP contribution in [0.25, 0.3) is 0 Å². The van der Waals surface area contributed by atoms with Crippen molar-refractivity contribution in [2.45, 2.75) is 88.7 Å². The van der Waals surface area contributed by atoms with E-state index < -0.39 is 5.41 Å². The predicted octanol–water partition coefficient (Wildman–Crippen LogP) is 5.91. The van der Waals surface area contributed by atoms with Crippen molar-refractivity contribution in [1.29, 1.82) is 0 Å². The van der Waals surface area contributed by atoms with E-state index in [1.807, 2.05) is 6.92 Å². The van der Waals surface area contributed by atoms with Crippen LogP contribution < -0.4 is 5.32 Å². The van der Waals surface area contributed by atoms with Crippen molar-refractivity contribution in [2.24, 2.45) is 11.8 Å². The smallest absolute Gasteiger partial charge is 0.228 e. The lowest BCUT2D eigenvalue weighted by molar-refractivity contribution is -0.144. The molecular formula is C33H43FN2O2. The van der Waals surface area contributed by atoms with Crippen molar-refractivity contribution in [2.75, 3.05) is 26.2 Å². The second kappa shape index (κ2) is 10.7. The van der Waals surface area contributed by atoms with Crippen LogP contribution in [0.3, 0.4) is 0 Å². The molecule has 4 nitrogen and oxygen atoms in total. The van der Waals surface area contributed by atoms with Crippen molar-refractivity contribution in [1.82, 2.24) is 10.2 Å². The summed E-state index contributed by atoms with van der Waals surface area (Å²) in [5.74, 6) is 0.766. The molecule has 3 fully saturated rings. The average molecular weight is 519 g/mol.